The van der Waals surface area contributed by atoms with Crippen molar-refractivity contribution in [3.8, 4) is 0 Å². The van der Waals surface area contributed by atoms with Gasteiger partial charge >= 0.3 is 0 Å². The van der Waals surface area contributed by atoms with Gasteiger partial charge in [-0.15, -0.1) is 0 Å². The molecule has 1 saturated heterocycles. The van der Waals surface area contributed by atoms with Crippen LogP contribution >= 0.6 is 0 Å². The Hall–Kier alpha value is -1.70. The minimum absolute atomic E-state index is 0.00136. The van der Waals surface area contributed by atoms with Crippen LogP contribution in [0.3, 0.4) is 0 Å². The van der Waals surface area contributed by atoms with Gasteiger partial charge in [-0.1, -0.05) is 29.8 Å². The van der Waals surface area contributed by atoms with E-state index in [1.165, 1.54) is 0 Å². The molecule has 2 heterocycles. The van der Waals surface area contributed by atoms with Crippen LogP contribution in [0.1, 0.15) is 29.3 Å². The third kappa shape index (κ3) is 4.03. The van der Waals surface area contributed by atoms with Crippen molar-refractivity contribution in [2.45, 2.75) is 25.2 Å². The first kappa shape index (κ1) is 17.1. The van der Waals surface area contributed by atoms with Crippen LogP contribution < -0.4 is 4.72 Å². The highest BCUT2D eigenvalue weighted by molar-refractivity contribution is 7.88. The van der Waals surface area contributed by atoms with Gasteiger partial charge in [-0.25, -0.2) is 13.1 Å². The van der Waals surface area contributed by atoms with E-state index >= 15 is 0 Å². The average molecular weight is 349 g/mol. The molecular formula is C17H23N3O3S. The molecule has 0 amide bonds. The minimum atomic E-state index is -3.37. The first-order valence-corrected chi connectivity index (χ1v) is 9.72. The summed E-state index contributed by atoms with van der Waals surface area (Å²) in [5, 5.41) is 4.17. The molecule has 2 atom stereocenters. The largest absolute Gasteiger partial charge is 0.372 e. The van der Waals surface area contributed by atoms with E-state index in [4.69, 9.17) is 4.74 Å². The van der Waals surface area contributed by atoms with Crippen molar-refractivity contribution in [1.29, 1.82) is 0 Å². The molecule has 0 unspecified atom stereocenters. The number of rotatable bonds is 6. The summed E-state index contributed by atoms with van der Waals surface area (Å²) in [7, 11) is -1.50. The number of nitrogens with zero attached hydrogens (tertiary/aromatic N) is 2. The number of nitrogens with one attached hydrogen (secondary N) is 1. The van der Waals surface area contributed by atoms with Gasteiger partial charge in [-0.3, -0.25) is 4.68 Å². The SMILES string of the molecule is Cc1cccc(CS(=O)(=O)NC[C@@H]2CCO[C@H]2c2ccnn2C)c1. The second-order valence-electron chi connectivity index (χ2n) is 6.32. The first-order valence-electron chi connectivity index (χ1n) is 8.07. The summed E-state index contributed by atoms with van der Waals surface area (Å²) >= 11 is 0. The monoisotopic (exact) mass is 349 g/mol. The maximum Gasteiger partial charge on any atom is 0.215 e. The van der Waals surface area contributed by atoms with E-state index in [-0.39, 0.29) is 17.8 Å². The van der Waals surface area contributed by atoms with E-state index in [1.807, 2.05) is 44.3 Å². The molecule has 6 nitrogen and oxygen atoms in total. The standard InChI is InChI=1S/C17H23N3O3S/c1-13-4-3-5-14(10-13)12-24(21,22)19-11-15-7-9-23-17(15)16-6-8-18-20(16)2/h3-6,8,10,15,17,19H,7,9,11-12H2,1-2H3/t15-,17+/m0/s1. The zero-order valence-corrected chi connectivity index (χ0v) is 14.8. The van der Waals surface area contributed by atoms with E-state index in [2.05, 4.69) is 9.82 Å². The predicted octanol–water partition coefficient (Wildman–Crippen LogP) is 1.93. The Balaban J connectivity index is 1.63. The van der Waals surface area contributed by atoms with Crippen LogP contribution in [0, 0.1) is 12.8 Å². The summed E-state index contributed by atoms with van der Waals surface area (Å²) in [5.41, 5.74) is 2.84. The van der Waals surface area contributed by atoms with Crippen molar-refractivity contribution in [2.75, 3.05) is 13.2 Å². The van der Waals surface area contributed by atoms with Gasteiger partial charge in [0.2, 0.25) is 10.0 Å². The van der Waals surface area contributed by atoms with Gasteiger partial charge in [0.1, 0.15) is 6.10 Å². The molecule has 0 radical (unpaired) electrons. The number of sulfonamides is 1. The molecule has 1 aliphatic heterocycles. The molecule has 1 aliphatic rings. The van der Waals surface area contributed by atoms with Crippen molar-refractivity contribution in [1.82, 2.24) is 14.5 Å². The Morgan fingerprint density at radius 3 is 2.92 bits per heavy atom. The zero-order chi connectivity index (χ0) is 17.2. The van der Waals surface area contributed by atoms with Gasteiger partial charge in [-0.05, 0) is 25.0 Å². The first-order chi connectivity index (χ1) is 11.4. The highest BCUT2D eigenvalue weighted by Crippen LogP contribution is 2.33. The summed E-state index contributed by atoms with van der Waals surface area (Å²) in [6, 6.07) is 9.49. The average Bonchev–Trinajstić information content (AvgIpc) is 3.13. The zero-order valence-electron chi connectivity index (χ0n) is 14.0. The fourth-order valence-corrected chi connectivity index (χ4v) is 4.33. The second-order valence-corrected chi connectivity index (χ2v) is 8.12. The molecular weight excluding hydrogens is 326 g/mol. The lowest BCUT2D eigenvalue weighted by atomic mass is 9.99. The summed E-state index contributed by atoms with van der Waals surface area (Å²) in [5.74, 6) is 0.117. The van der Waals surface area contributed by atoms with Crippen LogP contribution in [-0.2, 0) is 27.6 Å². The van der Waals surface area contributed by atoms with Crippen LogP contribution in [0.5, 0.6) is 0 Å². The van der Waals surface area contributed by atoms with Crippen LogP contribution in [0.15, 0.2) is 36.5 Å². The Morgan fingerprint density at radius 2 is 2.21 bits per heavy atom. The van der Waals surface area contributed by atoms with E-state index in [0.717, 1.165) is 23.2 Å². The Kier molecular flexibility index (Phi) is 5.03. The van der Waals surface area contributed by atoms with E-state index in [1.54, 1.807) is 10.9 Å². The predicted molar refractivity (Wildman–Crippen MR) is 91.8 cm³/mol. The lowest BCUT2D eigenvalue weighted by Crippen LogP contribution is -2.32. The number of hydrogen-bond donors (Lipinski definition) is 1. The number of aryl methyl sites for hydroxylation is 2. The summed E-state index contributed by atoms with van der Waals surface area (Å²) in [6.07, 6.45) is 2.46. The van der Waals surface area contributed by atoms with Gasteiger partial charge < -0.3 is 4.74 Å². The Labute approximate surface area is 142 Å². The Bertz CT molecular complexity index is 801. The lowest BCUT2D eigenvalue weighted by molar-refractivity contribution is 0.0850. The van der Waals surface area contributed by atoms with Gasteiger partial charge in [0, 0.05) is 32.3 Å². The normalized spacial score (nSPS) is 21.2. The molecule has 3 rings (SSSR count). The topological polar surface area (TPSA) is 73.2 Å². The highest BCUT2D eigenvalue weighted by Gasteiger charge is 2.32. The van der Waals surface area contributed by atoms with Gasteiger partial charge in [0.25, 0.3) is 0 Å². The smallest absolute Gasteiger partial charge is 0.215 e. The van der Waals surface area contributed by atoms with Gasteiger partial charge in [-0.2, -0.15) is 5.10 Å². The quantitative estimate of drug-likeness (QED) is 0.865. The van der Waals surface area contributed by atoms with Crippen molar-refractivity contribution < 1.29 is 13.2 Å². The molecule has 1 fully saturated rings. The molecule has 1 N–H and O–H groups in total. The molecule has 0 saturated carbocycles. The molecule has 0 aliphatic carbocycles. The van der Waals surface area contributed by atoms with Crippen LogP contribution in [0.25, 0.3) is 0 Å². The van der Waals surface area contributed by atoms with Crippen LogP contribution in [0.2, 0.25) is 0 Å². The molecule has 24 heavy (non-hydrogen) atoms. The van der Waals surface area contributed by atoms with Crippen LogP contribution in [-0.4, -0.2) is 31.3 Å². The summed E-state index contributed by atoms with van der Waals surface area (Å²) in [6.45, 7) is 2.97. The molecule has 0 spiro atoms. The lowest BCUT2D eigenvalue weighted by Gasteiger charge is -2.19. The summed E-state index contributed by atoms with van der Waals surface area (Å²) in [4.78, 5) is 0. The van der Waals surface area contributed by atoms with E-state index in [9.17, 15) is 8.42 Å². The molecule has 7 heteroatoms. The minimum Gasteiger partial charge on any atom is -0.372 e. The molecule has 2 aromatic rings. The maximum atomic E-state index is 12.4. The van der Waals surface area contributed by atoms with Gasteiger partial charge in [0.15, 0.2) is 0 Å². The molecule has 1 aromatic heterocycles. The third-order valence-electron chi connectivity index (χ3n) is 4.37. The van der Waals surface area contributed by atoms with Crippen molar-refractivity contribution >= 4 is 10.0 Å². The van der Waals surface area contributed by atoms with Crippen molar-refractivity contribution in [2.24, 2.45) is 13.0 Å². The second kappa shape index (κ2) is 7.04. The van der Waals surface area contributed by atoms with Gasteiger partial charge in [0.05, 0.1) is 11.4 Å². The van der Waals surface area contributed by atoms with E-state index < -0.39 is 10.0 Å². The van der Waals surface area contributed by atoms with Crippen LogP contribution in [0.4, 0.5) is 0 Å². The number of ether oxygens (including phenoxy) is 1. The maximum absolute atomic E-state index is 12.4. The van der Waals surface area contributed by atoms with Crippen molar-refractivity contribution in [3.05, 3.63) is 53.3 Å². The van der Waals surface area contributed by atoms with E-state index in [0.29, 0.717) is 13.2 Å². The number of hydrogen-bond acceptors (Lipinski definition) is 4. The third-order valence-corrected chi connectivity index (χ3v) is 5.69. The molecule has 130 valence electrons. The fourth-order valence-electron chi connectivity index (χ4n) is 3.14. The number of aromatic nitrogens is 2. The highest BCUT2D eigenvalue weighted by atomic mass is 32.2. The molecule has 0 bridgehead atoms. The number of benzene rings is 1. The fraction of sp³-hybridized carbons (Fsp3) is 0.471. The Morgan fingerprint density at radius 1 is 1.38 bits per heavy atom. The van der Waals surface area contributed by atoms with Crippen molar-refractivity contribution in [3.63, 3.8) is 0 Å². The summed E-state index contributed by atoms with van der Waals surface area (Å²) < 4.78 is 35.0. The molecule has 1 aromatic carbocycles.